The number of nitrogens with one attached hydrogen (secondary N) is 2. The number of aromatic nitrogens is 4. The molecule has 0 amide bonds. The van der Waals surface area contributed by atoms with Gasteiger partial charge in [-0.25, -0.2) is 14.4 Å². The molecule has 0 bridgehead atoms. The van der Waals surface area contributed by atoms with Crippen LogP contribution in [0.5, 0.6) is 0 Å². The van der Waals surface area contributed by atoms with Gasteiger partial charge in [0, 0.05) is 36.9 Å². The Bertz CT molecular complexity index is 864. The van der Waals surface area contributed by atoms with Crippen LogP contribution in [-0.4, -0.2) is 45.2 Å². The van der Waals surface area contributed by atoms with Crippen LogP contribution >= 0.6 is 0 Å². The van der Waals surface area contributed by atoms with Gasteiger partial charge in [-0.2, -0.15) is 0 Å². The van der Waals surface area contributed by atoms with Gasteiger partial charge in [0.25, 0.3) is 0 Å². The zero-order chi connectivity index (χ0) is 17.1. The Morgan fingerprint density at radius 2 is 2.00 bits per heavy atom. The average molecular weight is 338 g/mol. The van der Waals surface area contributed by atoms with Crippen molar-refractivity contribution >= 4 is 16.9 Å². The molecule has 1 aliphatic rings. The fourth-order valence-electron chi connectivity index (χ4n) is 3.09. The molecule has 25 heavy (non-hydrogen) atoms. The third kappa shape index (κ3) is 3.41. The highest BCUT2D eigenvalue weighted by Gasteiger charge is 2.31. The van der Waals surface area contributed by atoms with Crippen LogP contribution in [0.15, 0.2) is 43.0 Å². The molecular weight excluding hydrogens is 319 g/mol. The third-order valence-electron chi connectivity index (χ3n) is 4.43. The molecule has 0 aliphatic carbocycles. The van der Waals surface area contributed by atoms with Crippen LogP contribution in [0.4, 0.5) is 10.2 Å². The summed E-state index contributed by atoms with van der Waals surface area (Å²) in [6, 6.07) is 5.66. The van der Waals surface area contributed by atoms with Crippen LogP contribution in [0.1, 0.15) is 12.8 Å². The van der Waals surface area contributed by atoms with Gasteiger partial charge in [0.05, 0.1) is 17.8 Å². The zero-order valence-electron chi connectivity index (χ0n) is 13.7. The molecule has 1 fully saturated rings. The maximum Gasteiger partial charge on any atom is 0.155 e. The van der Waals surface area contributed by atoms with Gasteiger partial charge < -0.3 is 10.6 Å². The predicted molar refractivity (Wildman–Crippen MR) is 95.0 cm³/mol. The summed E-state index contributed by atoms with van der Waals surface area (Å²) in [4.78, 5) is 17.4. The summed E-state index contributed by atoms with van der Waals surface area (Å²) in [5, 5.41) is 6.28. The monoisotopic (exact) mass is 338 g/mol. The van der Waals surface area contributed by atoms with Crippen molar-refractivity contribution in [3.63, 3.8) is 0 Å². The molecule has 6 nitrogen and oxygen atoms in total. The molecular formula is C18H19FN6. The Labute approximate surface area is 144 Å². The van der Waals surface area contributed by atoms with E-state index in [1.165, 1.54) is 0 Å². The minimum absolute atomic E-state index is 0.193. The van der Waals surface area contributed by atoms with Crippen LogP contribution in [0, 0.1) is 0 Å². The van der Waals surface area contributed by atoms with Crippen molar-refractivity contribution < 1.29 is 4.39 Å². The highest BCUT2D eigenvalue weighted by molar-refractivity contribution is 5.88. The van der Waals surface area contributed by atoms with Gasteiger partial charge in [-0.15, -0.1) is 0 Å². The summed E-state index contributed by atoms with van der Waals surface area (Å²) in [5.41, 5.74) is 1.78. The number of nitrogens with zero attached hydrogens (tertiary/aromatic N) is 4. The van der Waals surface area contributed by atoms with Crippen molar-refractivity contribution in [3.8, 4) is 11.3 Å². The first-order valence-electron chi connectivity index (χ1n) is 8.39. The highest BCUT2D eigenvalue weighted by atomic mass is 19.1. The van der Waals surface area contributed by atoms with E-state index in [2.05, 4.69) is 30.6 Å². The average Bonchev–Trinajstić information content (AvgIpc) is 2.67. The number of piperidine rings is 1. The van der Waals surface area contributed by atoms with Crippen LogP contribution in [0.3, 0.4) is 0 Å². The standard InChI is InChI=1S/C18H19FN6/c19-18(4-1-5-21-11-18)12-24-17-16-15(22-8-9-23-16)10-14(25-17)13-2-6-20-7-3-13/h2-3,6-10,21H,1,4-5,11-12H2,(H,24,25). The number of anilines is 1. The molecule has 0 spiro atoms. The SMILES string of the molecule is FC1(CNc2nc(-c3ccncc3)cc3nccnc23)CCCNC1. The second-order valence-corrected chi connectivity index (χ2v) is 6.30. The first-order valence-corrected chi connectivity index (χ1v) is 8.39. The number of rotatable bonds is 4. The summed E-state index contributed by atoms with van der Waals surface area (Å²) in [5.74, 6) is 0.556. The Kier molecular flexibility index (Phi) is 4.23. The zero-order valence-corrected chi connectivity index (χ0v) is 13.7. The van der Waals surface area contributed by atoms with E-state index in [0.29, 0.717) is 24.3 Å². The van der Waals surface area contributed by atoms with Gasteiger partial charge in [-0.05, 0) is 37.6 Å². The van der Waals surface area contributed by atoms with Crippen LogP contribution < -0.4 is 10.6 Å². The molecule has 1 unspecified atom stereocenters. The molecule has 2 N–H and O–H groups in total. The van der Waals surface area contributed by atoms with Crippen molar-refractivity contribution in [2.24, 2.45) is 0 Å². The molecule has 3 aromatic heterocycles. The molecule has 0 radical (unpaired) electrons. The Balaban J connectivity index is 1.69. The van der Waals surface area contributed by atoms with E-state index >= 15 is 0 Å². The van der Waals surface area contributed by atoms with E-state index < -0.39 is 5.67 Å². The summed E-state index contributed by atoms with van der Waals surface area (Å²) in [7, 11) is 0. The number of hydrogen-bond acceptors (Lipinski definition) is 6. The predicted octanol–water partition coefficient (Wildman–Crippen LogP) is 2.59. The first kappa shape index (κ1) is 15.8. The van der Waals surface area contributed by atoms with Crippen molar-refractivity contribution in [2.75, 3.05) is 25.0 Å². The smallest absolute Gasteiger partial charge is 0.155 e. The number of fused-ring (bicyclic) bond motifs is 1. The summed E-state index contributed by atoms with van der Waals surface area (Å²) in [6.45, 7) is 1.42. The van der Waals surface area contributed by atoms with Crippen molar-refractivity contribution in [1.29, 1.82) is 0 Å². The number of pyridine rings is 2. The summed E-state index contributed by atoms with van der Waals surface area (Å²) < 4.78 is 14.9. The van der Waals surface area contributed by atoms with Crippen LogP contribution in [0.25, 0.3) is 22.3 Å². The van der Waals surface area contributed by atoms with Crippen molar-refractivity contribution in [2.45, 2.75) is 18.5 Å². The fourth-order valence-corrected chi connectivity index (χ4v) is 3.09. The van der Waals surface area contributed by atoms with Crippen LogP contribution in [0.2, 0.25) is 0 Å². The van der Waals surface area contributed by atoms with E-state index in [-0.39, 0.29) is 6.54 Å². The largest absolute Gasteiger partial charge is 0.365 e. The number of halogens is 1. The molecule has 4 rings (SSSR count). The molecule has 1 saturated heterocycles. The van der Waals surface area contributed by atoms with E-state index in [0.717, 1.165) is 29.7 Å². The van der Waals surface area contributed by atoms with Gasteiger partial charge in [0.1, 0.15) is 11.2 Å². The summed E-state index contributed by atoms with van der Waals surface area (Å²) >= 11 is 0. The molecule has 1 atom stereocenters. The molecule has 3 aromatic rings. The molecule has 128 valence electrons. The number of hydrogen-bond donors (Lipinski definition) is 2. The second kappa shape index (κ2) is 6.68. The van der Waals surface area contributed by atoms with E-state index in [9.17, 15) is 4.39 Å². The van der Waals surface area contributed by atoms with Crippen molar-refractivity contribution in [1.82, 2.24) is 25.3 Å². The maximum absolute atomic E-state index is 14.9. The number of alkyl halides is 1. The maximum atomic E-state index is 14.9. The highest BCUT2D eigenvalue weighted by Crippen LogP contribution is 2.27. The minimum Gasteiger partial charge on any atom is -0.365 e. The topological polar surface area (TPSA) is 75.6 Å². The lowest BCUT2D eigenvalue weighted by molar-refractivity contribution is 0.137. The lowest BCUT2D eigenvalue weighted by Gasteiger charge is -2.30. The van der Waals surface area contributed by atoms with Gasteiger partial charge in [-0.1, -0.05) is 0 Å². The molecule has 0 saturated carbocycles. The fraction of sp³-hybridized carbons (Fsp3) is 0.333. The molecule has 0 aromatic carbocycles. The molecule has 1 aliphatic heterocycles. The molecule has 7 heteroatoms. The van der Waals surface area contributed by atoms with E-state index in [1.807, 2.05) is 18.2 Å². The Morgan fingerprint density at radius 1 is 1.16 bits per heavy atom. The minimum atomic E-state index is -1.28. The lowest BCUT2D eigenvalue weighted by Crippen LogP contribution is -2.46. The Hall–Kier alpha value is -2.67. The lowest BCUT2D eigenvalue weighted by atomic mass is 9.96. The normalized spacial score (nSPS) is 20.5. The van der Waals surface area contributed by atoms with Gasteiger partial charge >= 0.3 is 0 Å². The third-order valence-corrected chi connectivity index (χ3v) is 4.43. The molecule has 4 heterocycles. The first-order chi connectivity index (χ1) is 12.2. The van der Waals surface area contributed by atoms with E-state index in [1.54, 1.807) is 24.8 Å². The van der Waals surface area contributed by atoms with Gasteiger partial charge in [-0.3, -0.25) is 9.97 Å². The Morgan fingerprint density at radius 3 is 2.80 bits per heavy atom. The van der Waals surface area contributed by atoms with Gasteiger partial charge in [0.15, 0.2) is 5.82 Å². The van der Waals surface area contributed by atoms with Crippen LogP contribution in [-0.2, 0) is 0 Å². The van der Waals surface area contributed by atoms with E-state index in [4.69, 9.17) is 0 Å². The second-order valence-electron chi connectivity index (χ2n) is 6.30. The van der Waals surface area contributed by atoms with Gasteiger partial charge in [0.2, 0.25) is 0 Å². The van der Waals surface area contributed by atoms with Crippen molar-refractivity contribution in [3.05, 3.63) is 43.0 Å². The summed E-state index contributed by atoms with van der Waals surface area (Å²) in [6.07, 6.45) is 8.08. The quantitative estimate of drug-likeness (QED) is 0.761.